The van der Waals surface area contributed by atoms with Gasteiger partial charge in [0.2, 0.25) is 0 Å². The predicted octanol–water partition coefficient (Wildman–Crippen LogP) is 1.07. The van der Waals surface area contributed by atoms with Crippen molar-refractivity contribution in [3.05, 3.63) is 0 Å². The zero-order valence-corrected chi connectivity index (χ0v) is 16.4. The lowest BCUT2D eigenvalue weighted by molar-refractivity contribution is -0.134. The van der Waals surface area contributed by atoms with E-state index in [0.717, 1.165) is 45.7 Å². The van der Waals surface area contributed by atoms with E-state index in [1.165, 1.54) is 0 Å². The third-order valence-electron chi connectivity index (χ3n) is 4.81. The summed E-state index contributed by atoms with van der Waals surface area (Å²) in [6, 6.07) is 0.388. The number of hydrogen-bond donors (Lipinski definition) is 2. The van der Waals surface area contributed by atoms with Gasteiger partial charge in [-0.25, -0.2) is 0 Å². The van der Waals surface area contributed by atoms with Crippen LogP contribution < -0.4 is 10.6 Å². The number of carbonyl (C=O) groups excluding carboxylic acids is 1. The Morgan fingerprint density at radius 1 is 1.21 bits per heavy atom. The van der Waals surface area contributed by atoms with Crippen molar-refractivity contribution in [3.63, 3.8) is 0 Å². The zero-order valence-electron chi connectivity index (χ0n) is 14.8. The van der Waals surface area contributed by atoms with Crippen LogP contribution in [0.25, 0.3) is 0 Å². The molecule has 24 heavy (non-hydrogen) atoms. The second-order valence-electron chi connectivity index (χ2n) is 6.10. The Morgan fingerprint density at radius 3 is 2.42 bits per heavy atom. The third kappa shape index (κ3) is 7.02. The molecule has 6 nitrogen and oxygen atoms in total. The van der Waals surface area contributed by atoms with E-state index in [1.807, 2.05) is 0 Å². The van der Waals surface area contributed by atoms with E-state index >= 15 is 0 Å². The molecule has 2 unspecified atom stereocenters. The summed E-state index contributed by atoms with van der Waals surface area (Å²) in [5.74, 6) is 0.611. The Labute approximate surface area is 158 Å². The summed E-state index contributed by atoms with van der Waals surface area (Å²) in [7, 11) is 0. The van der Waals surface area contributed by atoms with Crippen LogP contribution in [0.15, 0.2) is 0 Å². The summed E-state index contributed by atoms with van der Waals surface area (Å²) in [6.07, 6.45) is 1.92. The van der Waals surface area contributed by atoms with E-state index in [9.17, 15) is 4.79 Å². The lowest BCUT2D eigenvalue weighted by atomic mass is 9.92. The molecule has 0 aromatic rings. The van der Waals surface area contributed by atoms with Gasteiger partial charge in [-0.05, 0) is 5.92 Å². The number of hydrogen-bond acceptors (Lipinski definition) is 5. The van der Waals surface area contributed by atoms with Crippen molar-refractivity contribution in [1.29, 1.82) is 0 Å². The Bertz CT molecular complexity index is 335. The molecule has 0 radical (unpaired) electrons. The normalized spacial score (nSPS) is 23.0. The number of morpholine rings is 2. The lowest BCUT2D eigenvalue weighted by Crippen LogP contribution is -2.54. The largest absolute Gasteiger partial charge is 0.379 e. The quantitative estimate of drug-likeness (QED) is 0.686. The predicted molar refractivity (Wildman–Crippen MR) is 100 cm³/mol. The average Bonchev–Trinajstić information content (AvgIpc) is 2.60. The highest BCUT2D eigenvalue weighted by Gasteiger charge is 2.29. The molecule has 2 aliphatic heterocycles. The van der Waals surface area contributed by atoms with Gasteiger partial charge in [0.1, 0.15) is 6.10 Å². The minimum atomic E-state index is -0.346. The van der Waals surface area contributed by atoms with E-state index in [2.05, 4.69) is 29.4 Å². The highest BCUT2D eigenvalue weighted by atomic mass is 35.5. The van der Waals surface area contributed by atoms with Crippen molar-refractivity contribution in [2.75, 3.05) is 52.5 Å². The van der Waals surface area contributed by atoms with Gasteiger partial charge < -0.3 is 20.1 Å². The summed E-state index contributed by atoms with van der Waals surface area (Å²) < 4.78 is 11.0. The van der Waals surface area contributed by atoms with Gasteiger partial charge in [0.25, 0.3) is 5.91 Å². The first-order valence-corrected chi connectivity index (χ1v) is 8.68. The maximum Gasteiger partial charge on any atom is 0.250 e. The second-order valence-corrected chi connectivity index (χ2v) is 6.10. The molecule has 0 aromatic heterocycles. The number of rotatable bonds is 7. The standard InChI is InChI=1S/C16H31N3O3.2ClH/c1-3-13(4-2)14(19-6-9-21-10-7-19)11-18-16(20)15-12-17-5-8-22-15;;/h13-15,17H,3-12H2,1-2H3,(H,18,20);2*1H. The van der Waals surface area contributed by atoms with Gasteiger partial charge in [0.05, 0.1) is 19.8 Å². The van der Waals surface area contributed by atoms with Crippen LogP contribution in [0.2, 0.25) is 0 Å². The van der Waals surface area contributed by atoms with Crippen LogP contribution in [0.5, 0.6) is 0 Å². The molecular weight excluding hydrogens is 353 g/mol. The zero-order chi connectivity index (χ0) is 15.8. The van der Waals surface area contributed by atoms with E-state index in [-0.39, 0.29) is 36.8 Å². The van der Waals surface area contributed by atoms with Gasteiger partial charge in [0.15, 0.2) is 0 Å². The molecule has 2 N–H and O–H groups in total. The number of carbonyl (C=O) groups is 1. The smallest absolute Gasteiger partial charge is 0.250 e. The van der Waals surface area contributed by atoms with Gasteiger partial charge in [-0.1, -0.05) is 26.7 Å². The topological polar surface area (TPSA) is 62.8 Å². The van der Waals surface area contributed by atoms with Crippen molar-refractivity contribution < 1.29 is 14.3 Å². The van der Waals surface area contributed by atoms with Crippen LogP contribution in [0, 0.1) is 5.92 Å². The van der Waals surface area contributed by atoms with Gasteiger partial charge in [0, 0.05) is 38.8 Å². The molecule has 1 amide bonds. The summed E-state index contributed by atoms with van der Waals surface area (Å²) in [5.41, 5.74) is 0. The van der Waals surface area contributed by atoms with Gasteiger partial charge in [-0.3, -0.25) is 9.69 Å². The molecule has 2 fully saturated rings. The monoisotopic (exact) mass is 385 g/mol. The molecule has 0 bridgehead atoms. The minimum Gasteiger partial charge on any atom is -0.379 e. The van der Waals surface area contributed by atoms with E-state index in [0.29, 0.717) is 31.7 Å². The van der Waals surface area contributed by atoms with Crippen LogP contribution in [0.3, 0.4) is 0 Å². The van der Waals surface area contributed by atoms with Crippen LogP contribution in [0.4, 0.5) is 0 Å². The van der Waals surface area contributed by atoms with Gasteiger partial charge in [-0.2, -0.15) is 0 Å². The van der Waals surface area contributed by atoms with Crippen LogP contribution in [-0.4, -0.2) is 75.5 Å². The van der Waals surface area contributed by atoms with Gasteiger partial charge in [-0.15, -0.1) is 24.8 Å². The fourth-order valence-electron chi connectivity index (χ4n) is 3.39. The van der Waals surface area contributed by atoms with Crippen molar-refractivity contribution in [3.8, 4) is 0 Å². The van der Waals surface area contributed by atoms with Crippen LogP contribution in [-0.2, 0) is 14.3 Å². The van der Waals surface area contributed by atoms with Crippen LogP contribution in [0.1, 0.15) is 26.7 Å². The summed E-state index contributed by atoms with van der Waals surface area (Å²) in [5, 5.41) is 6.31. The van der Waals surface area contributed by atoms with Crippen molar-refractivity contribution in [1.82, 2.24) is 15.5 Å². The highest BCUT2D eigenvalue weighted by molar-refractivity contribution is 5.85. The molecule has 0 saturated carbocycles. The molecule has 2 aliphatic rings. The Balaban J connectivity index is 0.00000264. The van der Waals surface area contributed by atoms with E-state index < -0.39 is 0 Å². The maximum atomic E-state index is 12.3. The first kappa shape index (κ1) is 23.9. The third-order valence-corrected chi connectivity index (χ3v) is 4.81. The van der Waals surface area contributed by atoms with E-state index in [4.69, 9.17) is 9.47 Å². The first-order valence-electron chi connectivity index (χ1n) is 8.68. The molecule has 2 rings (SSSR count). The highest BCUT2D eigenvalue weighted by Crippen LogP contribution is 2.19. The van der Waals surface area contributed by atoms with Crippen molar-refractivity contribution in [2.45, 2.75) is 38.8 Å². The molecule has 2 atom stereocenters. The Kier molecular flexibility index (Phi) is 13.1. The van der Waals surface area contributed by atoms with Crippen molar-refractivity contribution in [2.24, 2.45) is 5.92 Å². The van der Waals surface area contributed by atoms with Crippen LogP contribution >= 0.6 is 24.8 Å². The molecule has 8 heteroatoms. The Morgan fingerprint density at radius 2 is 1.88 bits per heavy atom. The molecule has 2 heterocycles. The number of halogens is 2. The number of amides is 1. The molecule has 0 aromatic carbocycles. The lowest BCUT2D eigenvalue weighted by Gasteiger charge is -2.39. The minimum absolute atomic E-state index is 0. The number of nitrogens with one attached hydrogen (secondary N) is 2. The summed E-state index contributed by atoms with van der Waals surface area (Å²) in [6.45, 7) is 10.7. The molecule has 144 valence electrons. The number of nitrogens with zero attached hydrogens (tertiary/aromatic N) is 1. The molecule has 2 saturated heterocycles. The fraction of sp³-hybridized carbons (Fsp3) is 0.938. The SMILES string of the molecule is CCC(CC)C(CNC(=O)C1CNCCO1)N1CCOCC1.Cl.Cl. The molecular formula is C16H33Cl2N3O3. The van der Waals surface area contributed by atoms with Gasteiger partial charge >= 0.3 is 0 Å². The average molecular weight is 386 g/mol. The number of ether oxygens (including phenoxy) is 2. The summed E-state index contributed by atoms with van der Waals surface area (Å²) >= 11 is 0. The van der Waals surface area contributed by atoms with E-state index in [1.54, 1.807) is 0 Å². The maximum absolute atomic E-state index is 12.3. The molecule has 0 spiro atoms. The molecule has 0 aliphatic carbocycles. The second kappa shape index (κ2) is 13.1. The fourth-order valence-corrected chi connectivity index (χ4v) is 3.39. The Hall–Kier alpha value is -0.110. The van der Waals surface area contributed by atoms with Crippen molar-refractivity contribution >= 4 is 30.7 Å². The summed E-state index contributed by atoms with van der Waals surface area (Å²) in [4.78, 5) is 14.7. The first-order chi connectivity index (χ1) is 10.8.